The molecule has 2 rings (SSSR count). The van der Waals surface area contributed by atoms with Crippen LogP contribution < -0.4 is 5.32 Å². The van der Waals surface area contributed by atoms with Gasteiger partial charge in [-0.2, -0.15) is 13.2 Å². The van der Waals surface area contributed by atoms with Crippen LogP contribution in [0.3, 0.4) is 0 Å². The van der Waals surface area contributed by atoms with Crippen LogP contribution in [0.1, 0.15) is 40.3 Å². The summed E-state index contributed by atoms with van der Waals surface area (Å²) in [4.78, 5) is 17.0. The van der Waals surface area contributed by atoms with Gasteiger partial charge >= 0.3 is 6.18 Å². The Morgan fingerprint density at radius 3 is 2.44 bits per heavy atom. The molecule has 0 fully saturated rings. The minimum atomic E-state index is -4.35. The number of thiazole rings is 1. The highest BCUT2D eigenvalue weighted by Gasteiger charge is 2.30. The molecule has 1 heterocycles. The lowest BCUT2D eigenvalue weighted by molar-refractivity contribution is -0.137. The number of alkyl halides is 3. The average Bonchev–Trinajstić information content (AvgIpc) is 2.94. The van der Waals surface area contributed by atoms with Gasteiger partial charge in [0.1, 0.15) is 4.88 Å². The highest BCUT2D eigenvalue weighted by atomic mass is 32.1. The van der Waals surface area contributed by atoms with Crippen molar-refractivity contribution in [2.75, 3.05) is 7.11 Å². The number of hydrogen-bond acceptors (Lipinski definition) is 4. The van der Waals surface area contributed by atoms with Crippen molar-refractivity contribution in [2.24, 2.45) is 0 Å². The fourth-order valence-electron chi connectivity index (χ4n) is 2.42. The predicted molar refractivity (Wildman–Crippen MR) is 89.5 cm³/mol. The normalized spacial score (nSPS) is 12.2. The molecule has 1 aromatic heterocycles. The van der Waals surface area contributed by atoms with Crippen LogP contribution in [0, 0.1) is 0 Å². The molecule has 0 spiro atoms. The number of ether oxygens (including phenoxy) is 1. The summed E-state index contributed by atoms with van der Waals surface area (Å²) in [5.41, 5.74) is 1.53. The van der Waals surface area contributed by atoms with E-state index in [2.05, 4.69) is 10.3 Å². The minimum Gasteiger partial charge on any atom is -0.378 e. The van der Waals surface area contributed by atoms with Crippen molar-refractivity contribution in [3.63, 3.8) is 0 Å². The first-order valence-corrected chi connectivity index (χ1v) is 8.40. The molecule has 0 aliphatic carbocycles. The molecule has 0 radical (unpaired) electrons. The number of rotatable bonds is 6. The van der Waals surface area contributed by atoms with Gasteiger partial charge in [-0.15, -0.1) is 11.3 Å². The van der Waals surface area contributed by atoms with Crippen LogP contribution in [0.4, 0.5) is 13.2 Å². The number of amides is 1. The molecule has 2 aromatic rings. The molecule has 0 aliphatic heterocycles. The molecule has 25 heavy (non-hydrogen) atoms. The van der Waals surface area contributed by atoms with Crippen LogP contribution in [0.25, 0.3) is 0 Å². The number of carbonyl (C=O) groups excluding carboxylic acids is 1. The molecule has 4 nitrogen and oxygen atoms in total. The lowest BCUT2D eigenvalue weighted by atomic mass is 9.94. The number of halogens is 3. The highest BCUT2D eigenvalue weighted by Crippen LogP contribution is 2.29. The molecule has 0 aliphatic rings. The summed E-state index contributed by atoms with van der Waals surface area (Å²) < 4.78 is 42.9. The number of carbonyl (C=O) groups is 1. The van der Waals surface area contributed by atoms with Crippen LogP contribution in [0.5, 0.6) is 0 Å². The van der Waals surface area contributed by atoms with E-state index in [4.69, 9.17) is 4.74 Å². The summed E-state index contributed by atoms with van der Waals surface area (Å²) in [6.07, 6.45) is -3.96. The van der Waals surface area contributed by atoms with E-state index in [9.17, 15) is 18.0 Å². The fourth-order valence-corrected chi connectivity index (χ4v) is 3.11. The van der Waals surface area contributed by atoms with Crippen molar-refractivity contribution in [1.82, 2.24) is 10.3 Å². The molecule has 136 valence electrons. The Labute approximate surface area is 148 Å². The smallest absolute Gasteiger partial charge is 0.378 e. The zero-order valence-corrected chi connectivity index (χ0v) is 14.9. The molecule has 8 heteroatoms. The Kier molecular flexibility index (Phi) is 5.84. The Hall–Kier alpha value is -1.93. The van der Waals surface area contributed by atoms with E-state index in [1.807, 2.05) is 13.8 Å². The van der Waals surface area contributed by atoms with E-state index < -0.39 is 17.3 Å². The van der Waals surface area contributed by atoms with Crippen molar-refractivity contribution in [1.29, 1.82) is 0 Å². The molecular formula is C17H19F3N2O2S. The number of nitrogens with one attached hydrogen (secondary N) is 1. The van der Waals surface area contributed by atoms with Gasteiger partial charge < -0.3 is 10.1 Å². The number of benzene rings is 1. The monoisotopic (exact) mass is 372 g/mol. The maximum Gasteiger partial charge on any atom is 0.416 e. The van der Waals surface area contributed by atoms with Crippen molar-refractivity contribution < 1.29 is 22.7 Å². The zero-order valence-electron chi connectivity index (χ0n) is 14.1. The number of hydrogen-bond donors (Lipinski definition) is 1. The summed E-state index contributed by atoms with van der Waals surface area (Å²) in [6, 6.07) is 4.96. The van der Waals surface area contributed by atoms with Gasteiger partial charge in [-0.25, -0.2) is 4.98 Å². The first kappa shape index (κ1) is 19.4. The summed E-state index contributed by atoms with van der Waals surface area (Å²) in [5, 5.41) is 2.90. The maximum absolute atomic E-state index is 12.6. The molecule has 0 unspecified atom stereocenters. The molecule has 0 saturated carbocycles. The van der Waals surface area contributed by atoms with Gasteiger partial charge in [0.2, 0.25) is 0 Å². The summed E-state index contributed by atoms with van der Waals surface area (Å²) in [6.45, 7) is 3.88. The van der Waals surface area contributed by atoms with Crippen molar-refractivity contribution >= 4 is 17.2 Å². The molecule has 1 amide bonds. The van der Waals surface area contributed by atoms with Crippen molar-refractivity contribution in [2.45, 2.75) is 38.6 Å². The number of aromatic nitrogens is 1. The quantitative estimate of drug-likeness (QED) is 0.832. The van der Waals surface area contributed by atoms with Crippen molar-refractivity contribution in [3.8, 4) is 0 Å². The number of methoxy groups -OCH3 is 1. The van der Waals surface area contributed by atoms with E-state index >= 15 is 0 Å². The van der Waals surface area contributed by atoms with Crippen LogP contribution >= 0.6 is 11.3 Å². The Morgan fingerprint density at radius 1 is 1.24 bits per heavy atom. The first-order valence-electron chi connectivity index (χ1n) is 7.52. The largest absolute Gasteiger partial charge is 0.416 e. The molecule has 1 N–H and O–H groups in total. The molecule has 0 atom stereocenters. The number of nitrogens with zero attached hydrogens (tertiary/aromatic N) is 1. The summed E-state index contributed by atoms with van der Waals surface area (Å²) >= 11 is 1.22. The lowest BCUT2D eigenvalue weighted by Crippen LogP contribution is -2.45. The lowest BCUT2D eigenvalue weighted by Gasteiger charge is -2.26. The fraction of sp³-hybridized carbons (Fsp3) is 0.412. The Bertz CT molecular complexity index is 724. The minimum absolute atomic E-state index is 0.242. The van der Waals surface area contributed by atoms with Crippen molar-refractivity contribution in [3.05, 3.63) is 51.5 Å². The topological polar surface area (TPSA) is 51.2 Å². The SMILES string of the molecule is COCc1ncsc1C(=O)NC(C)(C)Cc1ccc(C(F)(F)F)cc1. The Balaban J connectivity index is 2.06. The Morgan fingerprint density at radius 2 is 1.88 bits per heavy atom. The van der Waals surface area contributed by atoms with E-state index in [1.54, 1.807) is 5.51 Å². The van der Waals surface area contributed by atoms with Gasteiger partial charge in [-0.05, 0) is 38.0 Å². The molecular weight excluding hydrogens is 353 g/mol. The summed E-state index contributed by atoms with van der Waals surface area (Å²) in [5.74, 6) is -0.272. The van der Waals surface area contributed by atoms with Crippen LogP contribution in [0.15, 0.2) is 29.8 Å². The van der Waals surface area contributed by atoms with Crippen LogP contribution in [-0.2, 0) is 23.9 Å². The highest BCUT2D eigenvalue weighted by molar-refractivity contribution is 7.11. The second-order valence-electron chi connectivity index (χ2n) is 6.27. The first-order chi connectivity index (χ1) is 11.6. The third kappa shape index (κ3) is 5.27. The maximum atomic E-state index is 12.6. The molecule has 0 bridgehead atoms. The third-order valence-corrected chi connectivity index (χ3v) is 4.38. The van der Waals surface area contributed by atoms with E-state index in [0.717, 1.165) is 12.1 Å². The van der Waals surface area contributed by atoms with Gasteiger partial charge in [-0.1, -0.05) is 12.1 Å². The standard InChI is InChI=1S/C17H19F3N2O2S/c1-16(2,8-11-4-6-12(7-5-11)17(18,19)20)22-15(23)14-13(9-24-3)21-10-25-14/h4-7,10H,8-9H2,1-3H3,(H,22,23). The summed E-state index contributed by atoms with van der Waals surface area (Å²) in [7, 11) is 1.52. The molecule has 0 saturated heterocycles. The van der Waals surface area contributed by atoms with E-state index in [1.165, 1.54) is 30.6 Å². The van der Waals surface area contributed by atoms with Crippen LogP contribution in [-0.4, -0.2) is 23.5 Å². The third-order valence-electron chi connectivity index (χ3n) is 3.51. The average molecular weight is 372 g/mol. The van der Waals surface area contributed by atoms with Gasteiger partial charge in [-0.3, -0.25) is 4.79 Å². The van der Waals surface area contributed by atoms with Gasteiger partial charge in [0.05, 0.1) is 23.4 Å². The molecule has 1 aromatic carbocycles. The second-order valence-corrected chi connectivity index (χ2v) is 7.13. The van der Waals surface area contributed by atoms with Gasteiger partial charge in [0.15, 0.2) is 0 Å². The van der Waals surface area contributed by atoms with Gasteiger partial charge in [0.25, 0.3) is 5.91 Å². The van der Waals surface area contributed by atoms with Crippen LogP contribution in [0.2, 0.25) is 0 Å². The van der Waals surface area contributed by atoms with E-state index in [0.29, 0.717) is 22.6 Å². The predicted octanol–water partition coefficient (Wildman–Crippen LogP) is 4.06. The van der Waals surface area contributed by atoms with E-state index in [-0.39, 0.29) is 12.5 Å². The second kappa shape index (κ2) is 7.53. The van der Waals surface area contributed by atoms with Gasteiger partial charge in [0, 0.05) is 12.6 Å². The zero-order chi connectivity index (χ0) is 18.7.